The summed E-state index contributed by atoms with van der Waals surface area (Å²) in [5.41, 5.74) is 1.99. The van der Waals surface area contributed by atoms with Crippen molar-refractivity contribution in [3.63, 3.8) is 0 Å². The van der Waals surface area contributed by atoms with Crippen molar-refractivity contribution in [3.05, 3.63) is 26.9 Å². The molecule has 0 atom stereocenters. The Kier molecular flexibility index (Phi) is 4.89. The zero-order chi connectivity index (χ0) is 14.8. The number of nitrogens with one attached hydrogen (secondary N) is 1. The molecule has 1 aromatic heterocycles. The van der Waals surface area contributed by atoms with Gasteiger partial charge in [0.15, 0.2) is 4.77 Å². The molecule has 2 aromatic rings. The maximum Gasteiger partial charge on any atom is 0.178 e. The lowest BCUT2D eigenvalue weighted by atomic mass is 10.1. The van der Waals surface area contributed by atoms with Gasteiger partial charge in [-0.25, -0.2) is 0 Å². The molecule has 0 unspecified atom stereocenters. The Morgan fingerprint density at radius 3 is 2.52 bits per heavy atom. The summed E-state index contributed by atoms with van der Waals surface area (Å²) in [6.45, 7) is 4.52. The molecule has 0 bridgehead atoms. The van der Waals surface area contributed by atoms with E-state index in [4.69, 9.17) is 35.4 Å². The van der Waals surface area contributed by atoms with E-state index in [-0.39, 0.29) is 0 Å². The topological polar surface area (TPSA) is 24.0 Å². The third-order valence-electron chi connectivity index (χ3n) is 4.12. The number of aromatic nitrogens is 2. The molecule has 0 amide bonds. The van der Waals surface area contributed by atoms with Crippen LogP contribution in [0.2, 0.25) is 10.0 Å². The van der Waals surface area contributed by atoms with Gasteiger partial charge in [-0.05, 0) is 63.2 Å². The van der Waals surface area contributed by atoms with Crippen molar-refractivity contribution in [1.29, 1.82) is 0 Å². The lowest BCUT2D eigenvalue weighted by Crippen LogP contribution is -2.31. The van der Waals surface area contributed by atoms with E-state index >= 15 is 0 Å². The first-order valence-corrected chi connectivity index (χ1v) is 8.61. The van der Waals surface area contributed by atoms with Gasteiger partial charge in [-0.15, -0.1) is 0 Å². The zero-order valence-corrected chi connectivity index (χ0v) is 14.2. The molecule has 0 aliphatic carbocycles. The lowest BCUT2D eigenvalue weighted by Gasteiger charge is -2.26. The monoisotopic (exact) mass is 343 g/mol. The molecule has 1 aromatic carbocycles. The molecule has 1 N–H and O–H groups in total. The third-order valence-corrected chi connectivity index (χ3v) is 5.17. The maximum absolute atomic E-state index is 6.12. The number of hydrogen-bond acceptors (Lipinski definition) is 2. The van der Waals surface area contributed by atoms with Crippen LogP contribution in [0.1, 0.15) is 25.7 Å². The largest absolute Gasteiger partial charge is 0.331 e. The molecule has 6 heteroatoms. The van der Waals surface area contributed by atoms with Gasteiger partial charge in [0.1, 0.15) is 0 Å². The Balaban J connectivity index is 1.72. The van der Waals surface area contributed by atoms with Crippen LogP contribution in [0.4, 0.5) is 0 Å². The van der Waals surface area contributed by atoms with Crippen LogP contribution < -0.4 is 0 Å². The Morgan fingerprint density at radius 2 is 1.76 bits per heavy atom. The average molecular weight is 344 g/mol. The summed E-state index contributed by atoms with van der Waals surface area (Å²) in [5.74, 6) is 0. The molecule has 1 fully saturated rings. The molecule has 1 aliphatic rings. The van der Waals surface area contributed by atoms with Crippen molar-refractivity contribution in [2.75, 3.05) is 19.6 Å². The minimum Gasteiger partial charge on any atom is -0.331 e. The minimum atomic E-state index is 0.556. The van der Waals surface area contributed by atoms with Crippen molar-refractivity contribution >= 4 is 46.5 Å². The van der Waals surface area contributed by atoms with E-state index < -0.39 is 0 Å². The van der Waals surface area contributed by atoms with E-state index in [1.165, 1.54) is 32.4 Å². The highest BCUT2D eigenvalue weighted by molar-refractivity contribution is 7.71. The maximum atomic E-state index is 6.12. The van der Waals surface area contributed by atoms with Crippen LogP contribution >= 0.6 is 35.4 Å². The second kappa shape index (κ2) is 6.69. The number of H-pyrrole nitrogens is 1. The van der Waals surface area contributed by atoms with Crippen LogP contribution in [0.5, 0.6) is 0 Å². The minimum absolute atomic E-state index is 0.556. The normalized spacial score (nSPS) is 16.7. The number of aromatic amines is 1. The van der Waals surface area contributed by atoms with Gasteiger partial charge in [0.05, 0.1) is 21.1 Å². The van der Waals surface area contributed by atoms with Gasteiger partial charge in [0.2, 0.25) is 0 Å². The van der Waals surface area contributed by atoms with Crippen LogP contribution in [0.25, 0.3) is 11.0 Å². The zero-order valence-electron chi connectivity index (χ0n) is 11.9. The van der Waals surface area contributed by atoms with Crippen molar-refractivity contribution in [1.82, 2.24) is 14.5 Å². The number of halogens is 2. The van der Waals surface area contributed by atoms with E-state index in [1.54, 1.807) is 0 Å². The quantitative estimate of drug-likeness (QED) is 0.799. The second-order valence-corrected chi connectivity index (χ2v) is 6.82. The number of imidazole rings is 1. The fourth-order valence-electron chi connectivity index (χ4n) is 3.01. The van der Waals surface area contributed by atoms with Gasteiger partial charge in [-0.3, -0.25) is 0 Å². The number of aryl methyl sites for hydroxylation is 1. The predicted molar refractivity (Wildman–Crippen MR) is 92.1 cm³/mol. The van der Waals surface area contributed by atoms with Gasteiger partial charge >= 0.3 is 0 Å². The molecule has 1 saturated heterocycles. The number of hydrogen-bond donors (Lipinski definition) is 1. The molecular weight excluding hydrogens is 325 g/mol. The molecule has 1 aliphatic heterocycles. The summed E-state index contributed by atoms with van der Waals surface area (Å²) in [4.78, 5) is 5.75. The van der Waals surface area contributed by atoms with E-state index in [9.17, 15) is 0 Å². The number of rotatable bonds is 4. The summed E-state index contributed by atoms with van der Waals surface area (Å²) < 4.78 is 2.86. The molecule has 3 nitrogen and oxygen atoms in total. The first-order chi connectivity index (χ1) is 10.1. The van der Waals surface area contributed by atoms with Crippen LogP contribution in [-0.2, 0) is 6.54 Å². The molecule has 0 saturated carbocycles. The first kappa shape index (κ1) is 15.3. The van der Waals surface area contributed by atoms with E-state index in [0.717, 1.165) is 35.3 Å². The summed E-state index contributed by atoms with van der Waals surface area (Å²) in [7, 11) is 0. The predicted octanol–water partition coefficient (Wildman–Crippen LogP) is 4.88. The molecule has 21 heavy (non-hydrogen) atoms. The molecule has 0 spiro atoms. The van der Waals surface area contributed by atoms with Crippen molar-refractivity contribution in [2.24, 2.45) is 0 Å². The fraction of sp³-hybridized carbons (Fsp3) is 0.533. The van der Waals surface area contributed by atoms with Gasteiger partial charge in [-0.1, -0.05) is 29.6 Å². The molecular formula is C15H19Cl2N3S. The van der Waals surface area contributed by atoms with Crippen LogP contribution in [0.3, 0.4) is 0 Å². The molecule has 114 valence electrons. The second-order valence-electron chi connectivity index (χ2n) is 5.62. The Labute approximate surface area is 139 Å². The van der Waals surface area contributed by atoms with Gasteiger partial charge in [0, 0.05) is 6.54 Å². The lowest BCUT2D eigenvalue weighted by molar-refractivity contribution is 0.223. The summed E-state index contributed by atoms with van der Waals surface area (Å²) >= 11 is 17.6. The summed E-state index contributed by atoms with van der Waals surface area (Å²) in [6.07, 6.45) is 5.14. The number of nitrogens with zero attached hydrogens (tertiary/aromatic N) is 2. The van der Waals surface area contributed by atoms with Crippen molar-refractivity contribution in [2.45, 2.75) is 32.2 Å². The van der Waals surface area contributed by atoms with Crippen LogP contribution in [0.15, 0.2) is 12.1 Å². The standard InChI is InChI=1S/C15H19Cl2N3S/c16-11-9-13-14(10-12(11)17)20(15(21)18-13)8-4-7-19-5-2-1-3-6-19/h9-10H,1-8H2,(H,18,21). The third kappa shape index (κ3) is 3.45. The SMILES string of the molecule is S=c1[nH]c2cc(Cl)c(Cl)cc2n1CCCN1CCCCC1. The number of likely N-dealkylation sites (tertiary alicyclic amines) is 1. The van der Waals surface area contributed by atoms with E-state index in [1.807, 2.05) is 12.1 Å². The number of benzene rings is 1. The number of fused-ring (bicyclic) bond motifs is 1. The van der Waals surface area contributed by atoms with Gasteiger partial charge < -0.3 is 14.5 Å². The number of piperidine rings is 1. The summed E-state index contributed by atoms with van der Waals surface area (Å²) in [6, 6.07) is 3.74. The Hall–Kier alpha value is -0.550. The van der Waals surface area contributed by atoms with Gasteiger partial charge in [-0.2, -0.15) is 0 Å². The molecule has 2 heterocycles. The molecule has 0 radical (unpaired) electrons. The van der Waals surface area contributed by atoms with Gasteiger partial charge in [0.25, 0.3) is 0 Å². The molecule has 3 rings (SSSR count). The van der Waals surface area contributed by atoms with Crippen molar-refractivity contribution in [3.8, 4) is 0 Å². The van der Waals surface area contributed by atoms with Crippen LogP contribution in [0, 0.1) is 4.77 Å². The smallest absolute Gasteiger partial charge is 0.178 e. The summed E-state index contributed by atoms with van der Waals surface area (Å²) in [5, 5.41) is 1.13. The van der Waals surface area contributed by atoms with E-state index in [0.29, 0.717) is 10.0 Å². The average Bonchev–Trinajstić information content (AvgIpc) is 2.76. The van der Waals surface area contributed by atoms with E-state index in [2.05, 4.69) is 14.5 Å². The Bertz CT molecular complexity index is 686. The highest BCUT2D eigenvalue weighted by atomic mass is 35.5. The highest BCUT2D eigenvalue weighted by Crippen LogP contribution is 2.27. The van der Waals surface area contributed by atoms with Crippen LogP contribution in [-0.4, -0.2) is 34.1 Å². The fourth-order valence-corrected chi connectivity index (χ4v) is 3.63. The Morgan fingerprint density at radius 1 is 1.05 bits per heavy atom. The van der Waals surface area contributed by atoms with Crippen molar-refractivity contribution < 1.29 is 0 Å². The highest BCUT2D eigenvalue weighted by Gasteiger charge is 2.11. The first-order valence-electron chi connectivity index (χ1n) is 7.45.